The molecule has 2 nitrogen and oxygen atoms in total. The molecule has 0 aromatic heterocycles. The first kappa shape index (κ1) is 12.3. The largest absolute Gasteiger partial charge is 0.673 e. The van der Waals surface area contributed by atoms with Gasteiger partial charge in [0.1, 0.15) is 13.1 Å². The Kier molecular flexibility index (Phi) is 4.79. The van der Waals surface area contributed by atoms with Crippen LogP contribution in [0.3, 0.4) is 0 Å². The van der Waals surface area contributed by atoms with Gasteiger partial charge in [-0.05, 0) is 6.92 Å². The fraction of sp³-hybridized carbons (Fsp3) is 0.833. The summed E-state index contributed by atoms with van der Waals surface area (Å²) in [5.74, 6) is 0. The van der Waals surface area contributed by atoms with Crippen LogP contribution in [-0.4, -0.2) is 49.8 Å². The predicted molar refractivity (Wildman–Crippen MR) is 44.5 cm³/mol. The topological polar surface area (TPSA) is 6.25 Å². The van der Waals surface area contributed by atoms with E-state index in [1.54, 1.807) is 0 Å². The molecule has 1 heterocycles. The Bertz CT molecular complexity index is 174. The standard InChI is InChI=1S/C6H13N2.BF4/c1-3-8-5-4-7(2)6-8;2-1(3,4)5/h6H,3-5H2,1-2H3;/q+1;-1. The molecule has 78 valence electrons. The minimum absolute atomic E-state index is 1.14. The first-order valence-corrected chi connectivity index (χ1v) is 3.99. The third kappa shape index (κ3) is 9.17. The smallest absolute Gasteiger partial charge is 0.418 e. The summed E-state index contributed by atoms with van der Waals surface area (Å²) in [4.78, 5) is 2.31. The fourth-order valence-electron chi connectivity index (χ4n) is 0.920. The van der Waals surface area contributed by atoms with Crippen LogP contribution in [0.1, 0.15) is 6.92 Å². The Morgan fingerprint density at radius 2 is 1.85 bits per heavy atom. The molecular weight excluding hydrogens is 187 g/mol. The molecule has 0 fully saturated rings. The van der Waals surface area contributed by atoms with Crippen molar-refractivity contribution < 1.29 is 21.8 Å². The zero-order valence-electron chi connectivity index (χ0n) is 7.68. The van der Waals surface area contributed by atoms with Crippen LogP contribution in [0.25, 0.3) is 0 Å². The van der Waals surface area contributed by atoms with Gasteiger partial charge in [-0.15, -0.1) is 0 Å². The normalized spacial score (nSPS) is 16.5. The summed E-state index contributed by atoms with van der Waals surface area (Å²) in [6.45, 7) is 5.71. The van der Waals surface area contributed by atoms with Crippen molar-refractivity contribution in [1.82, 2.24) is 4.90 Å². The third-order valence-electron chi connectivity index (χ3n) is 1.51. The zero-order valence-corrected chi connectivity index (χ0v) is 7.68. The average Bonchev–Trinajstić information content (AvgIpc) is 2.31. The van der Waals surface area contributed by atoms with Crippen LogP contribution >= 0.6 is 0 Å². The van der Waals surface area contributed by atoms with E-state index in [1.807, 2.05) is 0 Å². The third-order valence-corrected chi connectivity index (χ3v) is 1.51. The van der Waals surface area contributed by atoms with Gasteiger partial charge in [0.15, 0.2) is 0 Å². The van der Waals surface area contributed by atoms with Gasteiger partial charge in [-0.3, -0.25) is 9.48 Å². The second kappa shape index (κ2) is 5.09. The molecule has 0 aromatic rings. The van der Waals surface area contributed by atoms with Gasteiger partial charge < -0.3 is 17.3 Å². The van der Waals surface area contributed by atoms with E-state index >= 15 is 0 Å². The lowest BCUT2D eigenvalue weighted by Gasteiger charge is -1.98. The molecule has 0 saturated carbocycles. The highest BCUT2D eigenvalue weighted by Crippen LogP contribution is 2.06. The van der Waals surface area contributed by atoms with Crippen molar-refractivity contribution in [2.75, 3.05) is 26.7 Å². The lowest BCUT2D eigenvalue weighted by Crippen LogP contribution is -2.18. The maximum Gasteiger partial charge on any atom is 0.673 e. The van der Waals surface area contributed by atoms with Gasteiger partial charge in [-0.25, -0.2) is 0 Å². The van der Waals surface area contributed by atoms with Gasteiger partial charge >= 0.3 is 7.25 Å². The molecule has 0 aromatic carbocycles. The maximum absolute atomic E-state index is 9.75. The molecule has 0 atom stereocenters. The minimum atomic E-state index is -6.00. The van der Waals surface area contributed by atoms with E-state index in [0.29, 0.717) is 0 Å². The summed E-state index contributed by atoms with van der Waals surface area (Å²) < 4.78 is 41.2. The second-order valence-electron chi connectivity index (χ2n) is 2.72. The van der Waals surface area contributed by atoms with Crippen LogP contribution in [0.15, 0.2) is 0 Å². The van der Waals surface area contributed by atoms with E-state index in [9.17, 15) is 17.3 Å². The van der Waals surface area contributed by atoms with E-state index in [2.05, 4.69) is 29.8 Å². The molecule has 13 heavy (non-hydrogen) atoms. The molecule has 0 amide bonds. The first-order valence-electron chi connectivity index (χ1n) is 3.99. The van der Waals surface area contributed by atoms with Crippen molar-refractivity contribution in [3.8, 4) is 0 Å². The minimum Gasteiger partial charge on any atom is -0.418 e. The molecule has 1 rings (SSSR count). The zero-order chi connectivity index (χ0) is 10.5. The Hall–Kier alpha value is -0.745. The second-order valence-corrected chi connectivity index (χ2v) is 2.72. The predicted octanol–water partition coefficient (Wildman–Crippen LogP) is 1.29. The van der Waals surface area contributed by atoms with Crippen molar-refractivity contribution in [3.05, 3.63) is 0 Å². The van der Waals surface area contributed by atoms with Gasteiger partial charge in [0.25, 0.3) is 0 Å². The number of rotatable bonds is 1. The van der Waals surface area contributed by atoms with Crippen LogP contribution < -0.4 is 0 Å². The van der Waals surface area contributed by atoms with Crippen molar-refractivity contribution in [2.24, 2.45) is 0 Å². The summed E-state index contributed by atoms with van der Waals surface area (Å²) in [5, 5.41) is 0. The van der Waals surface area contributed by atoms with E-state index in [4.69, 9.17) is 0 Å². The van der Waals surface area contributed by atoms with Gasteiger partial charge in [-0.1, -0.05) is 0 Å². The quantitative estimate of drug-likeness (QED) is 0.351. The van der Waals surface area contributed by atoms with Gasteiger partial charge in [0.2, 0.25) is 6.34 Å². The van der Waals surface area contributed by atoms with Crippen LogP contribution in [0.5, 0.6) is 0 Å². The molecule has 7 heteroatoms. The van der Waals surface area contributed by atoms with Crippen LogP contribution in [0, 0.1) is 0 Å². The number of likely N-dealkylation sites (N-methyl/N-ethyl adjacent to an activating group) is 2. The molecule has 1 aliphatic rings. The molecule has 0 spiro atoms. The van der Waals surface area contributed by atoms with Gasteiger partial charge in [0, 0.05) is 0 Å². The highest BCUT2D eigenvalue weighted by Gasteiger charge is 2.20. The van der Waals surface area contributed by atoms with Crippen LogP contribution in [0.2, 0.25) is 0 Å². The Morgan fingerprint density at radius 1 is 1.38 bits per heavy atom. The summed E-state index contributed by atoms with van der Waals surface area (Å²) in [6.07, 6.45) is 2.17. The van der Waals surface area contributed by atoms with E-state index in [-0.39, 0.29) is 0 Å². The maximum atomic E-state index is 9.75. The Morgan fingerprint density at radius 3 is 2.00 bits per heavy atom. The van der Waals surface area contributed by atoms with Crippen molar-refractivity contribution in [3.63, 3.8) is 0 Å². The molecule has 0 aliphatic carbocycles. The summed E-state index contributed by atoms with van der Waals surface area (Å²) in [7, 11) is -3.89. The van der Waals surface area contributed by atoms with Gasteiger partial charge in [-0.2, -0.15) is 0 Å². The first-order chi connectivity index (χ1) is 5.83. The highest BCUT2D eigenvalue weighted by atomic mass is 19.5. The molecule has 0 saturated heterocycles. The average molecular weight is 200 g/mol. The van der Waals surface area contributed by atoms with E-state index < -0.39 is 7.25 Å². The number of nitrogens with zero attached hydrogens (tertiary/aromatic N) is 2. The molecule has 1 aliphatic heterocycles. The lowest BCUT2D eigenvalue weighted by molar-refractivity contribution is -0.482. The van der Waals surface area contributed by atoms with Gasteiger partial charge in [0.05, 0.1) is 13.6 Å². The van der Waals surface area contributed by atoms with E-state index in [0.717, 1.165) is 6.54 Å². The number of hydrogen-bond donors (Lipinski definition) is 0. The van der Waals surface area contributed by atoms with Crippen molar-refractivity contribution in [2.45, 2.75) is 6.92 Å². The lowest BCUT2D eigenvalue weighted by atomic mass is 10.3. The number of hydrogen-bond acceptors (Lipinski definition) is 1. The Balaban J connectivity index is 0.000000252. The summed E-state index contributed by atoms with van der Waals surface area (Å²) >= 11 is 0. The molecule has 0 unspecified atom stereocenters. The van der Waals surface area contributed by atoms with Crippen molar-refractivity contribution in [1.29, 1.82) is 0 Å². The molecule has 0 N–H and O–H groups in total. The summed E-state index contributed by atoms with van der Waals surface area (Å²) in [6, 6.07) is 0. The molecule has 0 radical (unpaired) electrons. The van der Waals surface area contributed by atoms with Crippen molar-refractivity contribution >= 4 is 13.6 Å². The molecule has 0 bridgehead atoms. The van der Waals surface area contributed by atoms with E-state index in [1.165, 1.54) is 13.1 Å². The summed E-state index contributed by atoms with van der Waals surface area (Å²) in [5.41, 5.74) is 0. The fourth-order valence-corrected chi connectivity index (χ4v) is 0.920. The highest BCUT2D eigenvalue weighted by molar-refractivity contribution is 6.50. The number of halogens is 4. The molecular formula is C6H13BF4N2. The SMILES string of the molecule is CCN1C=[N+](C)CC1.F[B-](F)(F)F. The Labute approximate surface area is 74.9 Å². The monoisotopic (exact) mass is 200 g/mol. The van der Waals surface area contributed by atoms with Crippen LogP contribution in [-0.2, 0) is 0 Å². The van der Waals surface area contributed by atoms with Crippen LogP contribution in [0.4, 0.5) is 17.3 Å².